The van der Waals surface area contributed by atoms with E-state index in [9.17, 15) is 9.59 Å². The number of aromatic nitrogens is 3. The van der Waals surface area contributed by atoms with E-state index in [1.165, 1.54) is 24.1 Å². The van der Waals surface area contributed by atoms with Gasteiger partial charge in [-0.2, -0.15) is 0 Å². The summed E-state index contributed by atoms with van der Waals surface area (Å²) in [7, 11) is 1.27. The van der Waals surface area contributed by atoms with Crippen LogP contribution in [0.3, 0.4) is 0 Å². The molecular weight excluding hydrogens is 407 g/mol. The summed E-state index contributed by atoms with van der Waals surface area (Å²) in [6.45, 7) is -0.214. The van der Waals surface area contributed by atoms with Gasteiger partial charge >= 0.3 is 5.97 Å². The third-order valence-electron chi connectivity index (χ3n) is 3.56. The van der Waals surface area contributed by atoms with Crippen LogP contribution in [0.2, 0.25) is 10.0 Å². The Hall–Kier alpha value is -3.10. The lowest BCUT2D eigenvalue weighted by atomic mass is 10.3. The number of rotatable bonds is 6. The van der Waals surface area contributed by atoms with E-state index in [0.717, 1.165) is 0 Å². The van der Waals surface area contributed by atoms with Crippen molar-refractivity contribution in [2.75, 3.05) is 19.0 Å². The average Bonchev–Trinajstić information content (AvgIpc) is 3.17. The molecule has 3 aromatic rings. The van der Waals surface area contributed by atoms with Gasteiger partial charge in [-0.25, -0.2) is 9.48 Å². The summed E-state index contributed by atoms with van der Waals surface area (Å²) in [6.07, 6.45) is 1.45. The quantitative estimate of drug-likeness (QED) is 0.614. The van der Waals surface area contributed by atoms with Crippen LogP contribution in [0.5, 0.6) is 5.75 Å². The van der Waals surface area contributed by atoms with Crippen LogP contribution in [0.15, 0.2) is 48.7 Å². The number of nitrogens with one attached hydrogen (secondary N) is 1. The van der Waals surface area contributed by atoms with Crippen molar-refractivity contribution < 1.29 is 19.1 Å². The number of nitrogens with zero attached hydrogens (tertiary/aromatic N) is 3. The average molecular weight is 421 g/mol. The van der Waals surface area contributed by atoms with Gasteiger partial charge in [-0.05, 0) is 42.5 Å². The van der Waals surface area contributed by atoms with E-state index in [1.54, 1.807) is 36.4 Å². The number of amides is 1. The minimum atomic E-state index is -0.573. The second-order valence-corrected chi connectivity index (χ2v) is 6.34. The molecule has 0 spiro atoms. The summed E-state index contributed by atoms with van der Waals surface area (Å²) in [5, 5.41) is 11.1. The third kappa shape index (κ3) is 4.79. The largest absolute Gasteiger partial charge is 0.482 e. The van der Waals surface area contributed by atoms with Crippen LogP contribution < -0.4 is 10.1 Å². The van der Waals surface area contributed by atoms with Gasteiger partial charge in [0.15, 0.2) is 12.3 Å². The second kappa shape index (κ2) is 8.73. The second-order valence-electron chi connectivity index (χ2n) is 5.50. The molecule has 0 fully saturated rings. The number of carbonyl (C=O) groups excluding carboxylic acids is 2. The monoisotopic (exact) mass is 420 g/mol. The molecule has 0 aliphatic heterocycles. The Kier molecular flexibility index (Phi) is 6.13. The number of ether oxygens (including phenoxy) is 2. The van der Waals surface area contributed by atoms with Gasteiger partial charge in [0, 0.05) is 10.7 Å². The molecule has 0 aliphatic carbocycles. The summed E-state index contributed by atoms with van der Waals surface area (Å²) in [4.78, 5) is 23.5. The molecule has 0 saturated carbocycles. The molecular formula is C18H14Cl2N4O4. The van der Waals surface area contributed by atoms with Gasteiger partial charge in [0.25, 0.3) is 5.91 Å². The Bertz CT molecular complexity index is 1010. The Morgan fingerprint density at radius 2 is 1.89 bits per heavy atom. The van der Waals surface area contributed by atoms with Crippen LogP contribution in [-0.2, 0) is 9.53 Å². The smallest absolute Gasteiger partial charge is 0.360 e. The Morgan fingerprint density at radius 3 is 2.57 bits per heavy atom. The number of esters is 1. The molecule has 10 heteroatoms. The Morgan fingerprint density at radius 1 is 1.14 bits per heavy atom. The lowest BCUT2D eigenvalue weighted by molar-refractivity contribution is -0.118. The van der Waals surface area contributed by atoms with Crippen LogP contribution in [0.25, 0.3) is 5.69 Å². The first-order valence-electron chi connectivity index (χ1n) is 7.95. The highest BCUT2D eigenvalue weighted by molar-refractivity contribution is 6.35. The maximum atomic E-state index is 12.0. The number of methoxy groups -OCH3 is 1. The normalized spacial score (nSPS) is 10.4. The molecule has 1 heterocycles. The van der Waals surface area contributed by atoms with Crippen molar-refractivity contribution in [3.63, 3.8) is 0 Å². The van der Waals surface area contributed by atoms with Crippen molar-refractivity contribution in [1.82, 2.24) is 15.0 Å². The van der Waals surface area contributed by atoms with Gasteiger partial charge in [0.2, 0.25) is 0 Å². The van der Waals surface area contributed by atoms with E-state index >= 15 is 0 Å². The summed E-state index contributed by atoms with van der Waals surface area (Å²) >= 11 is 11.8. The molecule has 0 atom stereocenters. The zero-order valence-electron chi connectivity index (χ0n) is 14.6. The van der Waals surface area contributed by atoms with Gasteiger partial charge in [0.05, 0.1) is 24.0 Å². The van der Waals surface area contributed by atoms with Gasteiger partial charge in [-0.1, -0.05) is 28.4 Å². The predicted molar refractivity (Wildman–Crippen MR) is 103 cm³/mol. The fourth-order valence-electron chi connectivity index (χ4n) is 2.22. The maximum absolute atomic E-state index is 12.0. The van der Waals surface area contributed by atoms with Crippen molar-refractivity contribution in [2.45, 2.75) is 0 Å². The van der Waals surface area contributed by atoms with Gasteiger partial charge in [-0.3, -0.25) is 4.79 Å². The van der Waals surface area contributed by atoms with Crippen LogP contribution >= 0.6 is 23.2 Å². The fourth-order valence-corrected chi connectivity index (χ4v) is 2.68. The third-order valence-corrected chi connectivity index (χ3v) is 4.09. The lowest BCUT2D eigenvalue weighted by Gasteiger charge is -2.09. The fraction of sp³-hybridized carbons (Fsp3) is 0.111. The first kappa shape index (κ1) is 19.7. The van der Waals surface area contributed by atoms with Gasteiger partial charge in [0.1, 0.15) is 5.75 Å². The van der Waals surface area contributed by atoms with Crippen molar-refractivity contribution in [3.05, 3.63) is 64.4 Å². The minimum Gasteiger partial charge on any atom is -0.482 e. The van der Waals surface area contributed by atoms with Gasteiger partial charge < -0.3 is 14.8 Å². The van der Waals surface area contributed by atoms with Crippen LogP contribution in [0.1, 0.15) is 10.5 Å². The molecule has 0 unspecified atom stereocenters. The molecule has 2 aromatic carbocycles. The number of halogens is 2. The van der Waals surface area contributed by atoms with Crippen molar-refractivity contribution in [3.8, 4) is 11.4 Å². The molecule has 3 rings (SSSR count). The van der Waals surface area contributed by atoms with E-state index in [0.29, 0.717) is 27.2 Å². The number of hydrogen-bond donors (Lipinski definition) is 1. The summed E-state index contributed by atoms with van der Waals surface area (Å²) in [6, 6.07) is 11.5. The molecule has 1 aromatic heterocycles. The topological polar surface area (TPSA) is 95.3 Å². The van der Waals surface area contributed by atoms with E-state index in [2.05, 4.69) is 20.4 Å². The van der Waals surface area contributed by atoms with Crippen molar-refractivity contribution >= 4 is 40.8 Å². The zero-order chi connectivity index (χ0) is 20.1. The summed E-state index contributed by atoms with van der Waals surface area (Å²) < 4.78 is 11.4. The Balaban J connectivity index is 1.58. The SMILES string of the molecule is COC(=O)c1cn(-c2ccc(NC(=O)COc3ccc(Cl)cc3Cl)cc2)nn1. The number of benzene rings is 2. The van der Waals surface area contributed by atoms with E-state index < -0.39 is 5.97 Å². The predicted octanol–water partition coefficient (Wildman–Crippen LogP) is 3.38. The summed E-state index contributed by atoms with van der Waals surface area (Å²) in [5.74, 6) is -0.562. The van der Waals surface area contributed by atoms with Crippen LogP contribution in [0.4, 0.5) is 5.69 Å². The number of hydrogen-bond acceptors (Lipinski definition) is 6. The first-order valence-corrected chi connectivity index (χ1v) is 8.70. The standard InChI is InChI=1S/C18H14Cl2N4O4/c1-27-18(26)15-9-24(23-22-15)13-5-3-12(4-6-13)21-17(25)10-28-16-7-2-11(19)8-14(16)20/h2-9H,10H2,1H3,(H,21,25). The zero-order valence-corrected chi connectivity index (χ0v) is 16.1. The molecule has 8 nitrogen and oxygen atoms in total. The molecule has 0 bridgehead atoms. The molecule has 1 amide bonds. The molecule has 0 aliphatic rings. The van der Waals surface area contributed by atoms with Crippen molar-refractivity contribution in [2.24, 2.45) is 0 Å². The highest BCUT2D eigenvalue weighted by atomic mass is 35.5. The first-order chi connectivity index (χ1) is 13.5. The molecule has 1 N–H and O–H groups in total. The molecule has 28 heavy (non-hydrogen) atoms. The molecule has 0 radical (unpaired) electrons. The minimum absolute atomic E-state index is 0.0953. The van der Waals surface area contributed by atoms with Crippen LogP contribution in [0, 0.1) is 0 Å². The maximum Gasteiger partial charge on any atom is 0.360 e. The van der Waals surface area contributed by atoms with E-state index in [1.807, 2.05) is 0 Å². The highest BCUT2D eigenvalue weighted by Crippen LogP contribution is 2.27. The number of carbonyl (C=O) groups is 2. The highest BCUT2D eigenvalue weighted by Gasteiger charge is 2.12. The van der Waals surface area contributed by atoms with Gasteiger partial charge in [-0.15, -0.1) is 5.10 Å². The van der Waals surface area contributed by atoms with E-state index in [-0.39, 0.29) is 18.2 Å². The summed E-state index contributed by atoms with van der Waals surface area (Å²) in [5.41, 5.74) is 1.32. The Labute approximate surface area is 170 Å². The number of anilines is 1. The molecule has 0 saturated heterocycles. The van der Waals surface area contributed by atoms with Crippen LogP contribution in [-0.4, -0.2) is 40.6 Å². The van der Waals surface area contributed by atoms with E-state index in [4.69, 9.17) is 27.9 Å². The lowest BCUT2D eigenvalue weighted by Crippen LogP contribution is -2.20. The molecule has 144 valence electrons. The van der Waals surface area contributed by atoms with Crippen molar-refractivity contribution in [1.29, 1.82) is 0 Å².